The standard InChI is InChI=1S/C23H23FN2O3/c1-2-29-23(28)15-9-11-26(12-10-15)21-14-20(17-5-3-4-6-22(17)27)25-19-8-7-16(24)13-18(19)21/h3-8,13-15,27H,2,9-12H2,1H3. The lowest BCUT2D eigenvalue weighted by atomic mass is 9.96. The Labute approximate surface area is 168 Å². The fraction of sp³-hybridized carbons (Fsp3) is 0.304. The Balaban J connectivity index is 1.72. The molecule has 1 fully saturated rings. The van der Waals surface area contributed by atoms with Crippen molar-refractivity contribution in [1.82, 2.24) is 4.98 Å². The van der Waals surface area contributed by atoms with Crippen LogP contribution in [0, 0.1) is 11.7 Å². The number of nitrogens with zero attached hydrogens (tertiary/aromatic N) is 2. The van der Waals surface area contributed by atoms with Crippen LogP contribution in [-0.2, 0) is 9.53 Å². The second-order valence-electron chi connectivity index (χ2n) is 7.22. The number of rotatable bonds is 4. The summed E-state index contributed by atoms with van der Waals surface area (Å²) in [5.41, 5.74) is 2.77. The van der Waals surface area contributed by atoms with E-state index in [1.807, 2.05) is 25.1 Å². The van der Waals surface area contributed by atoms with E-state index in [1.165, 1.54) is 12.1 Å². The molecule has 1 aliphatic rings. The van der Waals surface area contributed by atoms with Gasteiger partial charge in [0.1, 0.15) is 11.6 Å². The van der Waals surface area contributed by atoms with Crippen LogP contribution >= 0.6 is 0 Å². The summed E-state index contributed by atoms with van der Waals surface area (Å²) >= 11 is 0. The number of halogens is 1. The van der Waals surface area contributed by atoms with Gasteiger partial charge in [0.25, 0.3) is 0 Å². The first-order valence-corrected chi connectivity index (χ1v) is 9.87. The molecule has 0 amide bonds. The van der Waals surface area contributed by atoms with E-state index in [0.29, 0.717) is 49.3 Å². The van der Waals surface area contributed by atoms with Crippen molar-refractivity contribution in [1.29, 1.82) is 0 Å². The highest BCUT2D eigenvalue weighted by Crippen LogP contribution is 2.36. The first-order chi connectivity index (χ1) is 14.1. The minimum atomic E-state index is -0.322. The third-order valence-electron chi connectivity index (χ3n) is 5.38. The van der Waals surface area contributed by atoms with Gasteiger partial charge in [0.15, 0.2) is 0 Å². The van der Waals surface area contributed by atoms with Crippen LogP contribution in [0.25, 0.3) is 22.2 Å². The van der Waals surface area contributed by atoms with E-state index in [4.69, 9.17) is 4.74 Å². The Kier molecular flexibility index (Phi) is 5.34. The molecule has 1 saturated heterocycles. The number of carbonyl (C=O) groups is 1. The van der Waals surface area contributed by atoms with E-state index in [1.54, 1.807) is 18.2 Å². The van der Waals surface area contributed by atoms with Crippen LogP contribution in [0.2, 0.25) is 0 Å². The molecule has 150 valence electrons. The van der Waals surface area contributed by atoms with Crippen LogP contribution in [0.3, 0.4) is 0 Å². The Morgan fingerprint density at radius 2 is 1.97 bits per heavy atom. The molecule has 0 bridgehead atoms. The molecular formula is C23H23FN2O3. The van der Waals surface area contributed by atoms with Gasteiger partial charge in [-0.1, -0.05) is 12.1 Å². The number of aromatic hydroxyl groups is 1. The van der Waals surface area contributed by atoms with Crippen LogP contribution in [0.15, 0.2) is 48.5 Å². The second-order valence-corrected chi connectivity index (χ2v) is 7.22. The summed E-state index contributed by atoms with van der Waals surface area (Å²) in [6.07, 6.45) is 1.37. The third-order valence-corrected chi connectivity index (χ3v) is 5.38. The molecule has 5 nitrogen and oxygen atoms in total. The minimum Gasteiger partial charge on any atom is -0.507 e. The van der Waals surface area contributed by atoms with Crippen LogP contribution in [0.5, 0.6) is 5.75 Å². The molecule has 2 aromatic carbocycles. The number of phenolic OH excluding ortho intramolecular Hbond substituents is 1. The first kappa shape index (κ1) is 19.2. The number of fused-ring (bicyclic) bond motifs is 1. The summed E-state index contributed by atoms with van der Waals surface area (Å²) < 4.78 is 19.1. The predicted molar refractivity (Wildman–Crippen MR) is 110 cm³/mol. The molecule has 0 radical (unpaired) electrons. The lowest BCUT2D eigenvalue weighted by Crippen LogP contribution is -2.37. The van der Waals surface area contributed by atoms with Crippen LogP contribution < -0.4 is 4.90 Å². The number of aromatic nitrogens is 1. The summed E-state index contributed by atoms with van der Waals surface area (Å²) in [6, 6.07) is 13.5. The Bertz CT molecular complexity index is 1050. The van der Waals surface area contributed by atoms with Crippen LogP contribution in [0.1, 0.15) is 19.8 Å². The van der Waals surface area contributed by atoms with Gasteiger partial charge >= 0.3 is 5.97 Å². The average molecular weight is 394 g/mol. The highest BCUT2D eigenvalue weighted by atomic mass is 19.1. The molecule has 3 aromatic rings. The average Bonchev–Trinajstić information content (AvgIpc) is 2.74. The number of ether oxygens (including phenoxy) is 1. The van der Waals surface area contributed by atoms with E-state index in [2.05, 4.69) is 9.88 Å². The Hall–Kier alpha value is -3.15. The normalized spacial score (nSPS) is 14.9. The maximum atomic E-state index is 14.0. The topological polar surface area (TPSA) is 62.7 Å². The molecule has 6 heteroatoms. The molecule has 2 heterocycles. The zero-order chi connectivity index (χ0) is 20.4. The number of phenols is 1. The van der Waals surface area contributed by atoms with Crippen molar-refractivity contribution in [3.8, 4) is 17.0 Å². The SMILES string of the molecule is CCOC(=O)C1CCN(c2cc(-c3ccccc3O)nc3ccc(F)cc23)CC1. The molecule has 0 atom stereocenters. The molecule has 29 heavy (non-hydrogen) atoms. The quantitative estimate of drug-likeness (QED) is 0.659. The fourth-order valence-corrected chi connectivity index (χ4v) is 3.89. The number of anilines is 1. The highest BCUT2D eigenvalue weighted by molar-refractivity contribution is 5.95. The molecule has 0 spiro atoms. The van der Waals surface area contributed by atoms with Gasteiger partial charge in [-0.15, -0.1) is 0 Å². The van der Waals surface area contributed by atoms with E-state index >= 15 is 0 Å². The second kappa shape index (κ2) is 8.07. The van der Waals surface area contributed by atoms with Gasteiger partial charge in [0.2, 0.25) is 0 Å². The predicted octanol–water partition coefficient (Wildman–Crippen LogP) is 4.53. The molecule has 4 rings (SSSR count). The van der Waals surface area contributed by atoms with Crippen molar-refractivity contribution in [2.75, 3.05) is 24.6 Å². The minimum absolute atomic E-state index is 0.103. The van der Waals surface area contributed by atoms with Gasteiger partial charge in [0.05, 0.1) is 23.7 Å². The third kappa shape index (κ3) is 3.88. The van der Waals surface area contributed by atoms with Crippen LogP contribution in [-0.4, -0.2) is 35.8 Å². The lowest BCUT2D eigenvalue weighted by molar-refractivity contribution is -0.148. The first-order valence-electron chi connectivity index (χ1n) is 9.87. The number of pyridine rings is 1. The van der Waals surface area contributed by atoms with Crippen molar-refractivity contribution in [2.24, 2.45) is 5.92 Å². The maximum Gasteiger partial charge on any atom is 0.309 e. The Morgan fingerprint density at radius 1 is 1.21 bits per heavy atom. The fourth-order valence-electron chi connectivity index (χ4n) is 3.89. The molecular weight excluding hydrogens is 371 g/mol. The van der Waals surface area contributed by atoms with Crippen molar-refractivity contribution in [2.45, 2.75) is 19.8 Å². The van der Waals surface area contributed by atoms with Gasteiger partial charge < -0.3 is 14.7 Å². The highest BCUT2D eigenvalue weighted by Gasteiger charge is 2.27. The summed E-state index contributed by atoms with van der Waals surface area (Å²) in [6.45, 7) is 3.53. The molecule has 0 saturated carbocycles. The van der Waals surface area contributed by atoms with Gasteiger partial charge in [-0.2, -0.15) is 0 Å². The van der Waals surface area contributed by atoms with E-state index in [9.17, 15) is 14.3 Å². The molecule has 0 unspecified atom stereocenters. The lowest BCUT2D eigenvalue weighted by Gasteiger charge is -2.33. The summed E-state index contributed by atoms with van der Waals surface area (Å²) in [5.74, 6) is -0.424. The maximum absolute atomic E-state index is 14.0. The number of para-hydroxylation sites is 1. The zero-order valence-corrected chi connectivity index (χ0v) is 16.3. The number of piperidine rings is 1. The number of hydrogen-bond donors (Lipinski definition) is 1. The summed E-state index contributed by atoms with van der Waals surface area (Å²) in [4.78, 5) is 18.8. The zero-order valence-electron chi connectivity index (χ0n) is 16.3. The molecule has 1 aromatic heterocycles. The van der Waals surface area contributed by atoms with Gasteiger partial charge in [-0.3, -0.25) is 4.79 Å². The van der Waals surface area contributed by atoms with Gasteiger partial charge in [-0.05, 0) is 56.2 Å². The van der Waals surface area contributed by atoms with E-state index < -0.39 is 0 Å². The van der Waals surface area contributed by atoms with Crippen molar-refractivity contribution in [3.05, 3.63) is 54.3 Å². The largest absolute Gasteiger partial charge is 0.507 e. The number of hydrogen-bond acceptors (Lipinski definition) is 5. The molecule has 1 aliphatic heterocycles. The Morgan fingerprint density at radius 3 is 2.69 bits per heavy atom. The van der Waals surface area contributed by atoms with Crippen molar-refractivity contribution < 1.29 is 19.0 Å². The van der Waals surface area contributed by atoms with E-state index in [-0.39, 0.29) is 23.5 Å². The number of benzene rings is 2. The summed E-state index contributed by atoms with van der Waals surface area (Å²) in [5, 5.41) is 11.0. The molecule has 1 N–H and O–H groups in total. The van der Waals surface area contributed by atoms with Crippen molar-refractivity contribution >= 4 is 22.6 Å². The number of carbonyl (C=O) groups excluding carboxylic acids is 1. The monoisotopic (exact) mass is 394 g/mol. The molecule has 0 aliphatic carbocycles. The van der Waals surface area contributed by atoms with Gasteiger partial charge in [-0.25, -0.2) is 9.37 Å². The smallest absolute Gasteiger partial charge is 0.309 e. The summed E-state index contributed by atoms with van der Waals surface area (Å²) in [7, 11) is 0. The van der Waals surface area contributed by atoms with Crippen LogP contribution in [0.4, 0.5) is 10.1 Å². The van der Waals surface area contributed by atoms with Gasteiger partial charge in [0, 0.05) is 29.7 Å². The number of esters is 1. The van der Waals surface area contributed by atoms with Crippen molar-refractivity contribution in [3.63, 3.8) is 0 Å². The van der Waals surface area contributed by atoms with E-state index in [0.717, 1.165) is 11.1 Å².